The molecule has 0 fully saturated rings. The number of carbonyl (C=O) groups excluding carboxylic acids is 1. The van der Waals surface area contributed by atoms with E-state index >= 15 is 0 Å². The first-order valence-corrected chi connectivity index (χ1v) is 5.09. The molecule has 0 aliphatic rings. The Morgan fingerprint density at radius 1 is 1.27 bits per heavy atom. The van der Waals surface area contributed by atoms with Crippen molar-refractivity contribution in [2.75, 3.05) is 0 Å². The minimum Gasteiger partial charge on any atom is -0.460 e. The zero-order chi connectivity index (χ0) is 12.1. The molecule has 3 nitrogen and oxygen atoms in total. The van der Waals surface area contributed by atoms with Gasteiger partial charge in [0.05, 0.1) is 6.42 Å². The largest absolute Gasteiger partial charge is 0.460 e. The Balaban J connectivity index is 4.41. The summed E-state index contributed by atoms with van der Waals surface area (Å²) in [7, 11) is 0. The SMILES string of the molecule is C/C=C(CC(=O)OC(C)(C)C)\C(N)=C/C. The van der Waals surface area contributed by atoms with Crippen molar-refractivity contribution in [2.24, 2.45) is 5.73 Å². The summed E-state index contributed by atoms with van der Waals surface area (Å²) in [6, 6.07) is 0. The van der Waals surface area contributed by atoms with Gasteiger partial charge in [-0.3, -0.25) is 4.79 Å². The lowest BCUT2D eigenvalue weighted by Gasteiger charge is -2.20. The van der Waals surface area contributed by atoms with Gasteiger partial charge < -0.3 is 10.5 Å². The van der Waals surface area contributed by atoms with Crippen molar-refractivity contribution < 1.29 is 9.53 Å². The summed E-state index contributed by atoms with van der Waals surface area (Å²) >= 11 is 0. The molecule has 0 amide bonds. The van der Waals surface area contributed by atoms with Gasteiger partial charge in [0.15, 0.2) is 0 Å². The van der Waals surface area contributed by atoms with E-state index in [-0.39, 0.29) is 12.4 Å². The van der Waals surface area contributed by atoms with E-state index in [2.05, 4.69) is 0 Å². The van der Waals surface area contributed by atoms with E-state index < -0.39 is 5.60 Å². The molecule has 0 bridgehead atoms. The molecular formula is C12H21NO2. The standard InChI is InChI=1S/C12H21NO2/c1-6-9(10(13)7-2)8-11(14)15-12(3,4)5/h6-7H,8,13H2,1-5H3/b9-6-,10-7+. The molecule has 86 valence electrons. The van der Waals surface area contributed by atoms with Gasteiger partial charge in [0.2, 0.25) is 0 Å². The van der Waals surface area contributed by atoms with Gasteiger partial charge in [-0.15, -0.1) is 0 Å². The highest BCUT2D eigenvalue weighted by atomic mass is 16.6. The minimum absolute atomic E-state index is 0.226. The maximum absolute atomic E-state index is 11.5. The summed E-state index contributed by atoms with van der Waals surface area (Å²) in [4.78, 5) is 11.5. The second-order valence-electron chi connectivity index (χ2n) is 4.32. The molecule has 0 unspecified atom stereocenters. The van der Waals surface area contributed by atoms with Gasteiger partial charge >= 0.3 is 5.97 Å². The Bertz CT molecular complexity index is 282. The first kappa shape index (κ1) is 13.8. The number of nitrogens with two attached hydrogens (primary N) is 1. The van der Waals surface area contributed by atoms with Crippen LogP contribution in [-0.4, -0.2) is 11.6 Å². The van der Waals surface area contributed by atoms with Crippen LogP contribution in [-0.2, 0) is 9.53 Å². The summed E-state index contributed by atoms with van der Waals surface area (Å²) in [5, 5.41) is 0. The molecule has 0 aliphatic carbocycles. The monoisotopic (exact) mass is 211 g/mol. The van der Waals surface area contributed by atoms with E-state index in [0.29, 0.717) is 5.70 Å². The van der Waals surface area contributed by atoms with Gasteiger partial charge in [-0.1, -0.05) is 12.2 Å². The highest BCUT2D eigenvalue weighted by Gasteiger charge is 2.17. The lowest BCUT2D eigenvalue weighted by atomic mass is 10.1. The third-order valence-corrected chi connectivity index (χ3v) is 1.79. The number of carbonyl (C=O) groups is 1. The number of hydrogen-bond donors (Lipinski definition) is 1. The van der Waals surface area contributed by atoms with Crippen molar-refractivity contribution in [1.29, 1.82) is 0 Å². The molecule has 2 N–H and O–H groups in total. The summed E-state index contributed by atoms with van der Waals surface area (Å²) < 4.78 is 5.20. The second-order valence-corrected chi connectivity index (χ2v) is 4.32. The number of allylic oxidation sites excluding steroid dienone is 3. The van der Waals surface area contributed by atoms with Crippen molar-refractivity contribution in [3.63, 3.8) is 0 Å². The number of rotatable bonds is 3. The van der Waals surface area contributed by atoms with E-state index in [1.807, 2.05) is 40.7 Å². The van der Waals surface area contributed by atoms with Crippen LogP contribution in [0, 0.1) is 0 Å². The third kappa shape index (κ3) is 5.94. The predicted molar refractivity (Wildman–Crippen MR) is 62.2 cm³/mol. The number of hydrogen-bond acceptors (Lipinski definition) is 3. The molecule has 0 aromatic carbocycles. The zero-order valence-electron chi connectivity index (χ0n) is 10.3. The maximum Gasteiger partial charge on any atom is 0.310 e. The fourth-order valence-corrected chi connectivity index (χ4v) is 1.09. The van der Waals surface area contributed by atoms with Crippen molar-refractivity contribution in [3.8, 4) is 0 Å². The van der Waals surface area contributed by atoms with Crippen LogP contribution in [0.4, 0.5) is 0 Å². The molecule has 0 aromatic heterocycles. The summed E-state index contributed by atoms with van der Waals surface area (Å²) in [5.74, 6) is -0.250. The molecule has 0 spiro atoms. The van der Waals surface area contributed by atoms with Crippen LogP contribution >= 0.6 is 0 Å². The highest BCUT2D eigenvalue weighted by molar-refractivity contribution is 5.74. The highest BCUT2D eigenvalue weighted by Crippen LogP contribution is 2.14. The topological polar surface area (TPSA) is 52.3 Å². The van der Waals surface area contributed by atoms with Gasteiger partial charge in [0.1, 0.15) is 5.60 Å². The van der Waals surface area contributed by atoms with E-state index in [1.54, 1.807) is 6.08 Å². The summed E-state index contributed by atoms with van der Waals surface area (Å²) in [6.07, 6.45) is 3.84. The van der Waals surface area contributed by atoms with Gasteiger partial charge in [-0.2, -0.15) is 0 Å². The summed E-state index contributed by atoms with van der Waals surface area (Å²) in [6.45, 7) is 9.24. The maximum atomic E-state index is 11.5. The smallest absolute Gasteiger partial charge is 0.310 e. The molecule has 0 saturated heterocycles. The molecule has 0 saturated carbocycles. The molecule has 3 heteroatoms. The lowest BCUT2D eigenvalue weighted by Crippen LogP contribution is -2.24. The Hall–Kier alpha value is -1.25. The average molecular weight is 211 g/mol. The third-order valence-electron chi connectivity index (χ3n) is 1.79. The van der Waals surface area contributed by atoms with Gasteiger partial charge in [-0.25, -0.2) is 0 Å². The fourth-order valence-electron chi connectivity index (χ4n) is 1.09. The molecule has 15 heavy (non-hydrogen) atoms. The predicted octanol–water partition coefficient (Wildman–Crippen LogP) is 2.53. The van der Waals surface area contributed by atoms with E-state index in [9.17, 15) is 4.79 Å². The fraction of sp³-hybridized carbons (Fsp3) is 0.583. The van der Waals surface area contributed by atoms with Crippen molar-refractivity contribution in [1.82, 2.24) is 0 Å². The van der Waals surface area contributed by atoms with Gasteiger partial charge in [-0.05, 0) is 40.2 Å². The van der Waals surface area contributed by atoms with Crippen molar-refractivity contribution >= 4 is 5.97 Å². The number of ether oxygens (including phenoxy) is 1. The van der Waals surface area contributed by atoms with Crippen LogP contribution in [0.5, 0.6) is 0 Å². The summed E-state index contributed by atoms with van der Waals surface area (Å²) in [5.41, 5.74) is 6.72. The van der Waals surface area contributed by atoms with E-state index in [0.717, 1.165) is 5.57 Å². The van der Waals surface area contributed by atoms with Crippen LogP contribution in [0.25, 0.3) is 0 Å². The Morgan fingerprint density at radius 2 is 1.80 bits per heavy atom. The van der Waals surface area contributed by atoms with Crippen LogP contribution < -0.4 is 5.73 Å². The van der Waals surface area contributed by atoms with Crippen LogP contribution in [0.15, 0.2) is 23.4 Å². The molecule has 0 aromatic rings. The van der Waals surface area contributed by atoms with E-state index in [1.165, 1.54) is 0 Å². The van der Waals surface area contributed by atoms with Crippen LogP contribution in [0.3, 0.4) is 0 Å². The normalized spacial score (nSPS) is 13.9. The lowest BCUT2D eigenvalue weighted by molar-refractivity contribution is -0.153. The first-order chi connectivity index (χ1) is 6.80. The second kappa shape index (κ2) is 5.59. The quantitative estimate of drug-likeness (QED) is 0.576. The van der Waals surface area contributed by atoms with Crippen LogP contribution in [0.2, 0.25) is 0 Å². The number of esters is 1. The molecule has 0 aliphatic heterocycles. The van der Waals surface area contributed by atoms with Crippen molar-refractivity contribution in [3.05, 3.63) is 23.4 Å². The Morgan fingerprint density at radius 3 is 2.13 bits per heavy atom. The Labute approximate surface area is 92.0 Å². The average Bonchev–Trinajstić information content (AvgIpc) is 2.10. The zero-order valence-corrected chi connectivity index (χ0v) is 10.3. The minimum atomic E-state index is -0.444. The molecule has 0 rings (SSSR count). The van der Waals surface area contributed by atoms with Gasteiger partial charge in [0, 0.05) is 5.70 Å². The molecule has 0 atom stereocenters. The Kier molecular flexibility index (Phi) is 5.12. The first-order valence-electron chi connectivity index (χ1n) is 5.09. The van der Waals surface area contributed by atoms with Gasteiger partial charge in [0.25, 0.3) is 0 Å². The van der Waals surface area contributed by atoms with E-state index in [4.69, 9.17) is 10.5 Å². The van der Waals surface area contributed by atoms with Crippen molar-refractivity contribution in [2.45, 2.75) is 46.6 Å². The molecular weight excluding hydrogens is 190 g/mol. The van der Waals surface area contributed by atoms with Crippen LogP contribution in [0.1, 0.15) is 41.0 Å². The molecule has 0 heterocycles. The molecule has 0 radical (unpaired) electrons.